The fraction of sp³-hybridized carbons (Fsp3) is 0.0870. The molecule has 5 aromatic rings. The van der Waals surface area contributed by atoms with E-state index in [0.717, 1.165) is 10.6 Å². The number of hydrogen-bond acceptors (Lipinski definition) is 3. The number of aromatic nitrogens is 5. The number of aryl methyl sites for hydroxylation is 1. The highest BCUT2D eigenvalue weighted by molar-refractivity contribution is 5.82. The van der Waals surface area contributed by atoms with Gasteiger partial charge < -0.3 is 9.55 Å². The molecule has 4 aromatic heterocycles. The molecule has 0 aliphatic heterocycles. The molecule has 172 valence electrons. The van der Waals surface area contributed by atoms with Gasteiger partial charge in [-0.05, 0) is 42.0 Å². The van der Waals surface area contributed by atoms with Crippen LogP contribution in [-0.2, 0) is 13.2 Å². The molecule has 0 saturated heterocycles. The number of halogens is 5. The van der Waals surface area contributed by atoms with Crippen molar-refractivity contribution in [3.63, 3.8) is 0 Å². The van der Waals surface area contributed by atoms with Crippen LogP contribution in [-0.4, -0.2) is 24.1 Å². The number of hydrogen-bond donors (Lipinski definition) is 1. The third kappa shape index (κ3) is 3.54. The van der Waals surface area contributed by atoms with Gasteiger partial charge in [-0.1, -0.05) is 0 Å². The van der Waals surface area contributed by atoms with Gasteiger partial charge in [-0.15, -0.1) is 0 Å². The minimum atomic E-state index is -4.93. The lowest BCUT2D eigenvalue weighted by Crippen LogP contribution is -2.22. The number of aromatic amines is 1. The van der Waals surface area contributed by atoms with E-state index < -0.39 is 29.1 Å². The first kappa shape index (κ1) is 21.6. The summed E-state index contributed by atoms with van der Waals surface area (Å²) in [6.45, 7) is 0. The number of fused-ring (bicyclic) bond motifs is 1. The first-order valence-electron chi connectivity index (χ1n) is 9.88. The maximum atomic E-state index is 14.0. The van der Waals surface area contributed by atoms with E-state index in [9.17, 15) is 26.7 Å². The van der Waals surface area contributed by atoms with Gasteiger partial charge in [-0.25, -0.2) is 18.6 Å². The van der Waals surface area contributed by atoms with Crippen LogP contribution >= 0.6 is 0 Å². The van der Waals surface area contributed by atoms with Gasteiger partial charge in [0.15, 0.2) is 0 Å². The molecule has 5 rings (SSSR count). The Hall–Kier alpha value is -4.28. The highest BCUT2D eigenvalue weighted by Gasteiger charge is 2.34. The van der Waals surface area contributed by atoms with E-state index in [1.165, 1.54) is 36.4 Å². The van der Waals surface area contributed by atoms with Crippen LogP contribution in [0.2, 0.25) is 0 Å². The van der Waals surface area contributed by atoms with E-state index in [1.807, 2.05) is 0 Å². The molecule has 4 heterocycles. The molecule has 11 heteroatoms. The number of nitrogens with zero attached hydrogens (tertiary/aromatic N) is 4. The van der Waals surface area contributed by atoms with E-state index in [0.29, 0.717) is 34.3 Å². The van der Waals surface area contributed by atoms with E-state index in [1.54, 1.807) is 18.2 Å². The summed E-state index contributed by atoms with van der Waals surface area (Å²) in [4.78, 5) is 23.9. The second-order valence-corrected chi connectivity index (χ2v) is 7.59. The van der Waals surface area contributed by atoms with Gasteiger partial charge in [-0.2, -0.15) is 13.2 Å². The average Bonchev–Trinajstić information content (AvgIpc) is 3.32. The Morgan fingerprint density at radius 3 is 2.53 bits per heavy atom. The molecule has 1 aromatic carbocycles. The van der Waals surface area contributed by atoms with Crippen molar-refractivity contribution >= 4 is 11.0 Å². The van der Waals surface area contributed by atoms with Crippen molar-refractivity contribution in [1.29, 1.82) is 0 Å². The van der Waals surface area contributed by atoms with E-state index in [4.69, 9.17) is 0 Å². The number of imidazole rings is 1. The van der Waals surface area contributed by atoms with Gasteiger partial charge in [0.1, 0.15) is 17.3 Å². The minimum absolute atomic E-state index is 0.168. The summed E-state index contributed by atoms with van der Waals surface area (Å²) >= 11 is 0. The van der Waals surface area contributed by atoms with Crippen LogP contribution in [0.1, 0.15) is 5.56 Å². The molecule has 6 nitrogen and oxygen atoms in total. The van der Waals surface area contributed by atoms with Crippen molar-refractivity contribution in [3.05, 3.63) is 88.9 Å². The van der Waals surface area contributed by atoms with Crippen LogP contribution in [0.3, 0.4) is 0 Å². The highest BCUT2D eigenvalue weighted by atomic mass is 19.4. The maximum Gasteiger partial charge on any atom is 0.419 e. The molecular weight excluding hydrogens is 457 g/mol. The molecule has 0 bridgehead atoms. The lowest BCUT2D eigenvalue weighted by Gasteiger charge is -2.12. The predicted molar refractivity (Wildman–Crippen MR) is 114 cm³/mol. The number of rotatable bonds is 3. The molecule has 34 heavy (non-hydrogen) atoms. The second kappa shape index (κ2) is 7.65. The zero-order valence-electron chi connectivity index (χ0n) is 17.4. The SMILES string of the molecule is Cn1cc(-c2cc(-c3cnc4[nH]cc(F)c4c3)ccn2)n(-c2ccc(F)c(C(F)(F)F)c2)c1=O. The minimum Gasteiger partial charge on any atom is -0.343 e. The summed E-state index contributed by atoms with van der Waals surface area (Å²) in [7, 11) is 1.44. The average molecular weight is 471 g/mol. The summed E-state index contributed by atoms with van der Waals surface area (Å²) in [6.07, 6.45) is 0.662. The summed E-state index contributed by atoms with van der Waals surface area (Å²) < 4.78 is 69.8. The van der Waals surface area contributed by atoms with Gasteiger partial charge in [0.05, 0.1) is 28.0 Å². The number of H-pyrrole nitrogens is 1. The third-order valence-electron chi connectivity index (χ3n) is 5.40. The lowest BCUT2D eigenvalue weighted by molar-refractivity contribution is -0.140. The van der Waals surface area contributed by atoms with Crippen LogP contribution in [0.5, 0.6) is 0 Å². The Balaban J connectivity index is 1.66. The van der Waals surface area contributed by atoms with Gasteiger partial charge in [0.2, 0.25) is 0 Å². The Morgan fingerprint density at radius 1 is 0.971 bits per heavy atom. The molecule has 0 aliphatic carbocycles. The van der Waals surface area contributed by atoms with Crippen LogP contribution in [0.4, 0.5) is 22.0 Å². The van der Waals surface area contributed by atoms with Crippen molar-refractivity contribution in [2.24, 2.45) is 7.05 Å². The standard InChI is InChI=1S/C23H14F5N5O/c1-32-11-20(33(22(32)34)14-2-3-17(24)16(8-14)23(26,27)28)19-7-12(4-5-29-19)13-6-15-18(25)10-31-21(15)30-9-13/h2-11H,1H3,(H,30,31). The predicted octanol–water partition coefficient (Wildman–Crippen LogP) is 5.08. The fourth-order valence-corrected chi connectivity index (χ4v) is 3.74. The second-order valence-electron chi connectivity index (χ2n) is 7.59. The molecule has 1 N–H and O–H groups in total. The molecule has 0 aliphatic rings. The Morgan fingerprint density at radius 2 is 1.76 bits per heavy atom. The highest BCUT2D eigenvalue weighted by Crippen LogP contribution is 2.33. The first-order valence-corrected chi connectivity index (χ1v) is 9.88. The molecule has 0 amide bonds. The number of benzene rings is 1. The van der Waals surface area contributed by atoms with Crippen molar-refractivity contribution in [2.45, 2.75) is 6.18 Å². The Kier molecular flexibility index (Phi) is 4.85. The Labute approximate surface area is 188 Å². The van der Waals surface area contributed by atoms with E-state index in [2.05, 4.69) is 15.0 Å². The maximum absolute atomic E-state index is 14.0. The summed E-state index contributed by atoms with van der Waals surface area (Å²) in [5.74, 6) is -1.91. The number of alkyl halides is 3. The topological polar surface area (TPSA) is 68.5 Å². The Bertz CT molecular complexity index is 1610. The molecule has 0 spiro atoms. The number of nitrogens with one attached hydrogen (secondary N) is 1. The zero-order chi connectivity index (χ0) is 24.2. The number of pyridine rings is 2. The van der Waals surface area contributed by atoms with Gasteiger partial charge in [0, 0.05) is 37.4 Å². The largest absolute Gasteiger partial charge is 0.419 e. The molecule has 0 radical (unpaired) electrons. The fourth-order valence-electron chi connectivity index (χ4n) is 3.74. The molecule has 0 fully saturated rings. The van der Waals surface area contributed by atoms with Gasteiger partial charge in [-0.3, -0.25) is 9.55 Å². The molecule has 0 unspecified atom stereocenters. The normalized spacial score (nSPS) is 11.9. The van der Waals surface area contributed by atoms with Crippen LogP contribution in [0.25, 0.3) is 39.2 Å². The quantitative estimate of drug-likeness (QED) is 0.373. The van der Waals surface area contributed by atoms with Crippen molar-refractivity contribution in [3.8, 4) is 28.2 Å². The smallest absolute Gasteiger partial charge is 0.343 e. The van der Waals surface area contributed by atoms with Crippen LogP contribution in [0.15, 0.2) is 66.0 Å². The third-order valence-corrected chi connectivity index (χ3v) is 5.40. The molecule has 0 atom stereocenters. The van der Waals surface area contributed by atoms with E-state index >= 15 is 0 Å². The van der Waals surface area contributed by atoms with Crippen molar-refractivity contribution < 1.29 is 22.0 Å². The molecule has 0 saturated carbocycles. The van der Waals surface area contributed by atoms with Crippen LogP contribution in [0, 0.1) is 11.6 Å². The first-order chi connectivity index (χ1) is 16.1. The lowest BCUT2D eigenvalue weighted by atomic mass is 10.1. The van der Waals surface area contributed by atoms with Gasteiger partial charge in [0.25, 0.3) is 0 Å². The summed E-state index contributed by atoms with van der Waals surface area (Å²) in [5, 5.41) is 0.290. The summed E-state index contributed by atoms with van der Waals surface area (Å²) in [6, 6.07) is 7.19. The van der Waals surface area contributed by atoms with Gasteiger partial charge >= 0.3 is 11.9 Å². The monoisotopic (exact) mass is 471 g/mol. The molecular formula is C23H14F5N5O. The zero-order valence-corrected chi connectivity index (χ0v) is 17.4. The van der Waals surface area contributed by atoms with Crippen molar-refractivity contribution in [1.82, 2.24) is 24.1 Å². The van der Waals surface area contributed by atoms with E-state index in [-0.39, 0.29) is 17.1 Å². The van der Waals surface area contributed by atoms with Crippen LogP contribution < -0.4 is 5.69 Å². The summed E-state index contributed by atoms with van der Waals surface area (Å²) in [5.41, 5.74) is -0.291. The van der Waals surface area contributed by atoms with Crippen molar-refractivity contribution in [2.75, 3.05) is 0 Å².